The summed E-state index contributed by atoms with van der Waals surface area (Å²) in [5, 5.41) is 3.66. The predicted molar refractivity (Wildman–Crippen MR) is 98.9 cm³/mol. The van der Waals surface area contributed by atoms with Gasteiger partial charge in [-0.3, -0.25) is 14.6 Å². The number of morpholine rings is 1. The largest absolute Gasteiger partial charge is 0.379 e. The molecule has 2 aliphatic heterocycles. The van der Waals surface area contributed by atoms with Gasteiger partial charge in [0.1, 0.15) is 0 Å². The Morgan fingerprint density at radius 1 is 1.32 bits per heavy atom. The molecule has 138 valence electrons. The second kappa shape index (κ2) is 7.70. The van der Waals surface area contributed by atoms with Crippen LogP contribution in [-0.2, 0) is 9.53 Å². The van der Waals surface area contributed by atoms with Crippen molar-refractivity contribution in [2.24, 2.45) is 11.8 Å². The SMILES string of the molecule is Cc1cnc(NC(=O)CN2C[C@H]3CCC[C@H](C2)C3N2CCOCC2)s1. The first-order chi connectivity index (χ1) is 12.2. The quantitative estimate of drug-likeness (QED) is 0.883. The molecule has 0 unspecified atom stereocenters. The van der Waals surface area contributed by atoms with Gasteiger partial charge in [-0.1, -0.05) is 6.42 Å². The Labute approximate surface area is 153 Å². The third-order valence-electron chi connectivity index (χ3n) is 5.80. The molecule has 0 spiro atoms. The van der Waals surface area contributed by atoms with Crippen molar-refractivity contribution in [1.82, 2.24) is 14.8 Å². The fourth-order valence-corrected chi connectivity index (χ4v) is 5.56. The van der Waals surface area contributed by atoms with Crippen molar-refractivity contribution >= 4 is 22.4 Å². The Morgan fingerprint density at radius 2 is 2.04 bits per heavy atom. The Kier molecular flexibility index (Phi) is 5.36. The van der Waals surface area contributed by atoms with Crippen LogP contribution in [0.1, 0.15) is 24.1 Å². The molecule has 1 aromatic heterocycles. The van der Waals surface area contributed by atoms with E-state index in [1.54, 1.807) is 6.20 Å². The first-order valence-corrected chi connectivity index (χ1v) is 10.3. The van der Waals surface area contributed by atoms with E-state index in [0.29, 0.717) is 29.6 Å². The number of nitrogens with zero attached hydrogens (tertiary/aromatic N) is 3. The van der Waals surface area contributed by atoms with Crippen LogP contribution in [0.15, 0.2) is 6.20 Å². The number of carbonyl (C=O) groups excluding carboxylic acids is 1. The number of rotatable bonds is 4. The average Bonchev–Trinajstić information content (AvgIpc) is 2.99. The fraction of sp³-hybridized carbons (Fsp3) is 0.778. The van der Waals surface area contributed by atoms with E-state index in [9.17, 15) is 4.79 Å². The Morgan fingerprint density at radius 3 is 2.68 bits per heavy atom. The van der Waals surface area contributed by atoms with Crippen LogP contribution in [0.5, 0.6) is 0 Å². The zero-order valence-corrected chi connectivity index (χ0v) is 15.8. The van der Waals surface area contributed by atoms with Crippen LogP contribution in [0, 0.1) is 18.8 Å². The molecular weight excluding hydrogens is 336 g/mol. The van der Waals surface area contributed by atoms with Gasteiger partial charge in [-0.05, 0) is 31.6 Å². The lowest BCUT2D eigenvalue weighted by Crippen LogP contribution is -2.60. The highest BCUT2D eigenvalue weighted by Gasteiger charge is 2.42. The van der Waals surface area contributed by atoms with Gasteiger partial charge in [0.05, 0.1) is 19.8 Å². The minimum absolute atomic E-state index is 0.0669. The summed E-state index contributed by atoms with van der Waals surface area (Å²) in [5.74, 6) is 1.46. The zero-order chi connectivity index (χ0) is 17.2. The van der Waals surface area contributed by atoms with Crippen molar-refractivity contribution in [2.45, 2.75) is 32.2 Å². The molecule has 1 aliphatic carbocycles. The van der Waals surface area contributed by atoms with Gasteiger partial charge in [0.25, 0.3) is 0 Å². The lowest BCUT2D eigenvalue weighted by molar-refractivity contribution is -0.119. The van der Waals surface area contributed by atoms with Crippen LogP contribution in [0.3, 0.4) is 0 Å². The fourth-order valence-electron chi connectivity index (χ4n) is 4.88. The number of thiazole rings is 1. The van der Waals surface area contributed by atoms with Gasteiger partial charge < -0.3 is 10.1 Å². The van der Waals surface area contributed by atoms with Gasteiger partial charge in [-0.2, -0.15) is 0 Å². The highest BCUT2D eigenvalue weighted by atomic mass is 32.1. The van der Waals surface area contributed by atoms with Gasteiger partial charge in [-0.25, -0.2) is 4.98 Å². The van der Waals surface area contributed by atoms with Crippen LogP contribution < -0.4 is 5.32 Å². The highest BCUT2D eigenvalue weighted by Crippen LogP contribution is 2.38. The number of likely N-dealkylation sites (tertiary alicyclic amines) is 1. The van der Waals surface area contributed by atoms with Gasteiger partial charge in [-0.15, -0.1) is 11.3 Å². The molecule has 2 saturated heterocycles. The van der Waals surface area contributed by atoms with Gasteiger partial charge in [0.2, 0.25) is 5.91 Å². The highest BCUT2D eigenvalue weighted by molar-refractivity contribution is 7.15. The molecule has 2 bridgehead atoms. The first kappa shape index (κ1) is 17.4. The van der Waals surface area contributed by atoms with E-state index < -0.39 is 0 Å². The maximum Gasteiger partial charge on any atom is 0.240 e. The Bertz CT molecular complexity index is 588. The molecule has 1 saturated carbocycles. The normalized spacial score (nSPS) is 31.0. The summed E-state index contributed by atoms with van der Waals surface area (Å²) in [6, 6.07) is 0.693. The molecule has 4 rings (SSSR count). The number of amides is 1. The number of hydrogen-bond acceptors (Lipinski definition) is 6. The maximum atomic E-state index is 12.4. The van der Waals surface area contributed by atoms with E-state index in [1.807, 2.05) is 6.92 Å². The van der Waals surface area contributed by atoms with Gasteiger partial charge >= 0.3 is 0 Å². The molecule has 2 atom stereocenters. The molecule has 3 heterocycles. The van der Waals surface area contributed by atoms with Crippen molar-refractivity contribution in [3.05, 3.63) is 11.1 Å². The first-order valence-electron chi connectivity index (χ1n) is 9.45. The lowest BCUT2D eigenvalue weighted by atomic mass is 9.72. The molecule has 6 nitrogen and oxygen atoms in total. The van der Waals surface area contributed by atoms with E-state index in [-0.39, 0.29) is 5.91 Å². The number of anilines is 1. The molecule has 3 aliphatic rings. The van der Waals surface area contributed by atoms with Crippen molar-refractivity contribution in [1.29, 1.82) is 0 Å². The summed E-state index contributed by atoms with van der Waals surface area (Å²) in [4.78, 5) is 22.8. The molecule has 0 aromatic carbocycles. The van der Waals surface area contributed by atoms with E-state index in [4.69, 9.17) is 4.74 Å². The maximum absolute atomic E-state index is 12.4. The monoisotopic (exact) mass is 364 g/mol. The topological polar surface area (TPSA) is 57.7 Å². The van der Waals surface area contributed by atoms with E-state index >= 15 is 0 Å². The van der Waals surface area contributed by atoms with Crippen LogP contribution >= 0.6 is 11.3 Å². The number of ether oxygens (including phenoxy) is 1. The third kappa shape index (κ3) is 4.05. The second-order valence-electron chi connectivity index (χ2n) is 7.61. The minimum atomic E-state index is 0.0669. The standard InChI is InChI=1S/C18H28N4O2S/c1-13-9-19-18(25-13)20-16(23)12-21-10-14-3-2-4-15(11-21)17(14)22-5-7-24-8-6-22/h9,14-15,17H,2-8,10-12H2,1H3,(H,19,20,23)/t14-,15-/m1/s1. The van der Waals surface area contributed by atoms with Crippen molar-refractivity contribution < 1.29 is 9.53 Å². The summed E-state index contributed by atoms with van der Waals surface area (Å²) in [6.07, 6.45) is 5.73. The molecule has 1 aromatic rings. The smallest absolute Gasteiger partial charge is 0.240 e. The summed E-state index contributed by atoms with van der Waals surface area (Å²) >= 11 is 1.53. The zero-order valence-electron chi connectivity index (χ0n) is 14.9. The average molecular weight is 365 g/mol. The van der Waals surface area contributed by atoms with Crippen LogP contribution in [0.4, 0.5) is 5.13 Å². The number of hydrogen-bond donors (Lipinski definition) is 1. The number of nitrogens with one attached hydrogen (secondary N) is 1. The van der Waals surface area contributed by atoms with Crippen molar-refractivity contribution in [3.8, 4) is 0 Å². The number of carbonyl (C=O) groups is 1. The Balaban J connectivity index is 1.35. The van der Waals surface area contributed by atoms with Gasteiger partial charge in [0.15, 0.2) is 5.13 Å². The minimum Gasteiger partial charge on any atom is -0.379 e. The number of aryl methyl sites for hydroxylation is 1. The summed E-state index contributed by atoms with van der Waals surface area (Å²) in [5.41, 5.74) is 0. The van der Waals surface area contributed by atoms with Gasteiger partial charge in [0, 0.05) is 43.3 Å². The van der Waals surface area contributed by atoms with E-state index in [2.05, 4.69) is 20.1 Å². The third-order valence-corrected chi connectivity index (χ3v) is 6.63. The van der Waals surface area contributed by atoms with Crippen molar-refractivity contribution in [2.75, 3.05) is 51.3 Å². The van der Waals surface area contributed by atoms with Crippen LogP contribution in [0.25, 0.3) is 0 Å². The van der Waals surface area contributed by atoms with Crippen molar-refractivity contribution in [3.63, 3.8) is 0 Å². The van der Waals surface area contributed by atoms with Crippen LogP contribution in [0.2, 0.25) is 0 Å². The van der Waals surface area contributed by atoms with Crippen LogP contribution in [-0.4, -0.2) is 72.7 Å². The second-order valence-corrected chi connectivity index (χ2v) is 8.84. The number of piperidine rings is 1. The number of fused-ring (bicyclic) bond motifs is 2. The lowest BCUT2D eigenvalue weighted by Gasteiger charge is -2.52. The summed E-state index contributed by atoms with van der Waals surface area (Å²) in [6.45, 7) is 8.46. The van der Waals surface area contributed by atoms with E-state index in [0.717, 1.165) is 44.3 Å². The molecular formula is C18H28N4O2S. The molecule has 1 amide bonds. The Hall–Kier alpha value is -1.02. The molecule has 1 N–H and O–H groups in total. The molecule has 3 fully saturated rings. The molecule has 0 radical (unpaired) electrons. The number of aromatic nitrogens is 1. The molecule has 25 heavy (non-hydrogen) atoms. The van der Waals surface area contributed by atoms with E-state index in [1.165, 1.54) is 30.6 Å². The molecule has 7 heteroatoms. The summed E-state index contributed by atoms with van der Waals surface area (Å²) in [7, 11) is 0. The predicted octanol–water partition coefficient (Wildman–Crippen LogP) is 1.82. The summed E-state index contributed by atoms with van der Waals surface area (Å²) < 4.78 is 5.53.